The summed E-state index contributed by atoms with van der Waals surface area (Å²) in [6.45, 7) is 11.7. The molecule has 0 saturated carbocycles. The van der Waals surface area contributed by atoms with Crippen molar-refractivity contribution in [1.29, 1.82) is 0 Å². The Bertz CT molecular complexity index is 257. The fourth-order valence-corrected chi connectivity index (χ4v) is 3.68. The van der Waals surface area contributed by atoms with Crippen LogP contribution in [0.3, 0.4) is 0 Å². The number of ether oxygens (including phenoxy) is 1. The Kier molecular flexibility index (Phi) is 6.11. The second kappa shape index (κ2) is 7.61. The molecule has 1 N–H and O–H groups in total. The highest BCUT2D eigenvalue weighted by Crippen LogP contribution is 2.22. The van der Waals surface area contributed by atoms with Gasteiger partial charge in [0.15, 0.2) is 0 Å². The zero-order chi connectivity index (χ0) is 13.7. The third-order valence-corrected chi connectivity index (χ3v) is 4.77. The fraction of sp³-hybridized carbons (Fsp3) is 1.00. The molecule has 3 heteroatoms. The van der Waals surface area contributed by atoms with Crippen LogP contribution in [0.1, 0.15) is 52.9 Å². The van der Waals surface area contributed by atoms with Crippen LogP contribution in [-0.4, -0.2) is 49.3 Å². The van der Waals surface area contributed by atoms with E-state index in [2.05, 4.69) is 31.0 Å². The van der Waals surface area contributed by atoms with Gasteiger partial charge < -0.3 is 15.0 Å². The van der Waals surface area contributed by atoms with Crippen molar-refractivity contribution in [3.63, 3.8) is 0 Å². The number of nitrogens with one attached hydrogen (secondary N) is 1. The molecule has 2 aliphatic heterocycles. The Hall–Kier alpha value is -0.120. The summed E-state index contributed by atoms with van der Waals surface area (Å²) in [7, 11) is 0. The molecule has 0 radical (unpaired) electrons. The van der Waals surface area contributed by atoms with E-state index in [9.17, 15) is 0 Å². The van der Waals surface area contributed by atoms with Gasteiger partial charge in [-0.05, 0) is 65.0 Å². The van der Waals surface area contributed by atoms with Gasteiger partial charge in [0.1, 0.15) is 0 Å². The van der Waals surface area contributed by atoms with Crippen molar-refractivity contribution in [3.8, 4) is 0 Å². The second-order valence-electron chi connectivity index (χ2n) is 6.56. The minimum absolute atomic E-state index is 0.432. The molecule has 2 fully saturated rings. The van der Waals surface area contributed by atoms with Crippen molar-refractivity contribution in [2.45, 2.75) is 71.1 Å². The first-order chi connectivity index (χ1) is 9.19. The topological polar surface area (TPSA) is 24.5 Å². The molecule has 2 heterocycles. The predicted octanol–water partition coefficient (Wildman–Crippen LogP) is 2.65. The molecule has 4 unspecified atom stereocenters. The number of rotatable bonds is 5. The maximum Gasteiger partial charge on any atom is 0.0561 e. The number of hydrogen-bond donors (Lipinski definition) is 1. The van der Waals surface area contributed by atoms with Gasteiger partial charge >= 0.3 is 0 Å². The molecule has 2 aliphatic rings. The fourth-order valence-electron chi connectivity index (χ4n) is 3.68. The van der Waals surface area contributed by atoms with Crippen LogP contribution in [-0.2, 0) is 4.74 Å². The van der Waals surface area contributed by atoms with Crippen LogP contribution in [0.4, 0.5) is 0 Å². The highest BCUT2D eigenvalue weighted by atomic mass is 16.5. The SMILES string of the molecule is CCCN1CCCC(C(C)NC2CCOC(C)C2)C1. The zero-order valence-electron chi connectivity index (χ0n) is 13.0. The standard InChI is InChI=1S/C16H32N2O/c1-4-8-18-9-5-6-15(12-18)14(3)17-16-7-10-19-13(2)11-16/h13-17H,4-12H2,1-3H3. The van der Waals surface area contributed by atoms with Gasteiger partial charge in [-0.1, -0.05) is 6.92 Å². The van der Waals surface area contributed by atoms with E-state index in [1.165, 1.54) is 51.7 Å². The average molecular weight is 268 g/mol. The summed E-state index contributed by atoms with van der Waals surface area (Å²) >= 11 is 0. The summed E-state index contributed by atoms with van der Waals surface area (Å²) < 4.78 is 5.64. The van der Waals surface area contributed by atoms with Crippen LogP contribution >= 0.6 is 0 Å². The monoisotopic (exact) mass is 268 g/mol. The van der Waals surface area contributed by atoms with Gasteiger partial charge in [0, 0.05) is 25.2 Å². The maximum absolute atomic E-state index is 5.64. The molecule has 0 amide bonds. The van der Waals surface area contributed by atoms with E-state index in [0.717, 1.165) is 12.5 Å². The predicted molar refractivity (Wildman–Crippen MR) is 80.5 cm³/mol. The van der Waals surface area contributed by atoms with E-state index in [1.54, 1.807) is 0 Å². The van der Waals surface area contributed by atoms with E-state index < -0.39 is 0 Å². The van der Waals surface area contributed by atoms with Crippen molar-refractivity contribution < 1.29 is 4.74 Å². The van der Waals surface area contributed by atoms with E-state index in [-0.39, 0.29) is 0 Å². The lowest BCUT2D eigenvalue weighted by Gasteiger charge is -2.38. The lowest BCUT2D eigenvalue weighted by Crippen LogP contribution is -2.49. The van der Waals surface area contributed by atoms with Gasteiger partial charge in [-0.15, -0.1) is 0 Å². The minimum Gasteiger partial charge on any atom is -0.378 e. The summed E-state index contributed by atoms with van der Waals surface area (Å²) in [6, 6.07) is 1.32. The van der Waals surface area contributed by atoms with Crippen LogP contribution in [0.15, 0.2) is 0 Å². The largest absolute Gasteiger partial charge is 0.378 e. The zero-order valence-corrected chi connectivity index (χ0v) is 13.0. The molecule has 0 spiro atoms. The van der Waals surface area contributed by atoms with Crippen molar-refractivity contribution in [1.82, 2.24) is 10.2 Å². The average Bonchev–Trinajstić information content (AvgIpc) is 2.39. The van der Waals surface area contributed by atoms with Crippen LogP contribution in [0, 0.1) is 5.92 Å². The van der Waals surface area contributed by atoms with Crippen molar-refractivity contribution >= 4 is 0 Å². The third-order valence-electron chi connectivity index (χ3n) is 4.77. The molecule has 112 valence electrons. The van der Waals surface area contributed by atoms with Crippen LogP contribution in [0.2, 0.25) is 0 Å². The number of piperidine rings is 1. The first-order valence-corrected chi connectivity index (χ1v) is 8.29. The van der Waals surface area contributed by atoms with Gasteiger partial charge in [-0.2, -0.15) is 0 Å². The van der Waals surface area contributed by atoms with Crippen LogP contribution in [0.25, 0.3) is 0 Å². The summed E-state index contributed by atoms with van der Waals surface area (Å²) in [4.78, 5) is 2.65. The van der Waals surface area contributed by atoms with E-state index >= 15 is 0 Å². The Balaban J connectivity index is 1.76. The molecular formula is C16H32N2O. The highest BCUT2D eigenvalue weighted by Gasteiger charge is 2.27. The normalized spacial score (nSPS) is 35.2. The smallest absolute Gasteiger partial charge is 0.0561 e. The summed E-state index contributed by atoms with van der Waals surface area (Å²) in [5, 5.41) is 3.87. The number of nitrogens with zero attached hydrogens (tertiary/aromatic N) is 1. The van der Waals surface area contributed by atoms with E-state index in [4.69, 9.17) is 4.74 Å². The van der Waals surface area contributed by atoms with Gasteiger partial charge in [0.25, 0.3) is 0 Å². The molecule has 19 heavy (non-hydrogen) atoms. The number of likely N-dealkylation sites (tertiary alicyclic amines) is 1. The summed E-state index contributed by atoms with van der Waals surface area (Å²) in [5.74, 6) is 0.832. The van der Waals surface area contributed by atoms with Gasteiger partial charge in [0.05, 0.1) is 6.10 Å². The molecule has 0 aromatic rings. The second-order valence-corrected chi connectivity index (χ2v) is 6.56. The maximum atomic E-state index is 5.64. The highest BCUT2D eigenvalue weighted by molar-refractivity contribution is 4.84. The van der Waals surface area contributed by atoms with E-state index in [0.29, 0.717) is 18.2 Å². The van der Waals surface area contributed by atoms with Crippen molar-refractivity contribution in [2.24, 2.45) is 5.92 Å². The van der Waals surface area contributed by atoms with Gasteiger partial charge in [-0.25, -0.2) is 0 Å². The van der Waals surface area contributed by atoms with Gasteiger partial charge in [0.2, 0.25) is 0 Å². The third kappa shape index (κ3) is 4.73. The van der Waals surface area contributed by atoms with Crippen molar-refractivity contribution in [3.05, 3.63) is 0 Å². The summed E-state index contributed by atoms with van der Waals surface area (Å²) in [6.07, 6.45) is 6.84. The summed E-state index contributed by atoms with van der Waals surface area (Å²) in [5.41, 5.74) is 0. The van der Waals surface area contributed by atoms with Crippen LogP contribution < -0.4 is 5.32 Å². The Labute approximate surface area is 119 Å². The Morgan fingerprint density at radius 3 is 2.95 bits per heavy atom. The molecule has 2 saturated heterocycles. The quantitative estimate of drug-likeness (QED) is 0.829. The van der Waals surface area contributed by atoms with E-state index in [1.807, 2.05) is 0 Å². The molecule has 3 nitrogen and oxygen atoms in total. The lowest BCUT2D eigenvalue weighted by molar-refractivity contribution is 0.00880. The molecule has 0 aromatic heterocycles. The first kappa shape index (κ1) is 15.3. The molecule has 4 atom stereocenters. The number of hydrogen-bond acceptors (Lipinski definition) is 3. The molecule has 0 aromatic carbocycles. The first-order valence-electron chi connectivity index (χ1n) is 8.29. The molecular weight excluding hydrogens is 236 g/mol. The van der Waals surface area contributed by atoms with Crippen LogP contribution in [0.5, 0.6) is 0 Å². The molecule has 0 aliphatic carbocycles. The lowest BCUT2D eigenvalue weighted by atomic mass is 9.90. The van der Waals surface area contributed by atoms with Crippen molar-refractivity contribution in [2.75, 3.05) is 26.2 Å². The minimum atomic E-state index is 0.432. The van der Waals surface area contributed by atoms with Gasteiger partial charge in [-0.3, -0.25) is 0 Å². The Morgan fingerprint density at radius 2 is 2.21 bits per heavy atom. The molecule has 2 rings (SSSR count). The molecule has 0 bridgehead atoms. The Morgan fingerprint density at radius 1 is 1.37 bits per heavy atom.